The van der Waals surface area contributed by atoms with Gasteiger partial charge < -0.3 is 14.4 Å². The predicted molar refractivity (Wildman–Crippen MR) is 85.2 cm³/mol. The van der Waals surface area contributed by atoms with Crippen LogP contribution in [0.3, 0.4) is 0 Å². The SMILES string of the molecule is COc1cc(C(=O)N(CCC#N)C(C)C)ccc1OC(C)C. The fraction of sp³-hybridized carbons (Fsp3) is 0.529. The number of hydrogen-bond donors (Lipinski definition) is 0. The molecule has 0 spiro atoms. The molecule has 0 radical (unpaired) electrons. The van der Waals surface area contributed by atoms with Crippen LogP contribution in [-0.2, 0) is 0 Å². The monoisotopic (exact) mass is 304 g/mol. The fourth-order valence-corrected chi connectivity index (χ4v) is 2.08. The van der Waals surface area contributed by atoms with Gasteiger partial charge in [0.1, 0.15) is 0 Å². The molecule has 0 aliphatic rings. The molecule has 0 N–H and O–H groups in total. The van der Waals surface area contributed by atoms with Gasteiger partial charge in [0, 0.05) is 18.2 Å². The van der Waals surface area contributed by atoms with Gasteiger partial charge in [0.25, 0.3) is 5.91 Å². The minimum Gasteiger partial charge on any atom is -0.493 e. The summed E-state index contributed by atoms with van der Waals surface area (Å²) in [5.74, 6) is 1.03. The highest BCUT2D eigenvalue weighted by Crippen LogP contribution is 2.29. The zero-order valence-electron chi connectivity index (χ0n) is 13.9. The second-order valence-corrected chi connectivity index (χ2v) is 5.53. The van der Waals surface area contributed by atoms with Crippen LogP contribution in [0.4, 0.5) is 0 Å². The van der Waals surface area contributed by atoms with Crippen LogP contribution >= 0.6 is 0 Å². The maximum Gasteiger partial charge on any atom is 0.254 e. The molecule has 0 saturated heterocycles. The quantitative estimate of drug-likeness (QED) is 0.775. The van der Waals surface area contributed by atoms with Crippen molar-refractivity contribution in [2.45, 2.75) is 46.3 Å². The van der Waals surface area contributed by atoms with E-state index in [4.69, 9.17) is 14.7 Å². The van der Waals surface area contributed by atoms with Crippen molar-refractivity contribution in [1.82, 2.24) is 4.90 Å². The van der Waals surface area contributed by atoms with E-state index in [0.717, 1.165) is 0 Å². The first-order valence-corrected chi connectivity index (χ1v) is 7.43. The lowest BCUT2D eigenvalue weighted by Gasteiger charge is -2.26. The van der Waals surface area contributed by atoms with Gasteiger partial charge in [-0.05, 0) is 45.9 Å². The molecule has 0 heterocycles. The largest absolute Gasteiger partial charge is 0.493 e. The zero-order chi connectivity index (χ0) is 16.7. The predicted octanol–water partition coefficient (Wildman–Crippen LogP) is 3.25. The van der Waals surface area contributed by atoms with Gasteiger partial charge in [-0.25, -0.2) is 0 Å². The van der Waals surface area contributed by atoms with E-state index in [-0.39, 0.29) is 18.1 Å². The van der Waals surface area contributed by atoms with Crippen molar-refractivity contribution in [2.24, 2.45) is 0 Å². The molecule has 0 aliphatic carbocycles. The van der Waals surface area contributed by atoms with E-state index in [1.165, 1.54) is 0 Å². The summed E-state index contributed by atoms with van der Waals surface area (Å²) in [5, 5.41) is 8.73. The number of ether oxygens (including phenoxy) is 2. The highest BCUT2D eigenvalue weighted by Gasteiger charge is 2.20. The van der Waals surface area contributed by atoms with Gasteiger partial charge >= 0.3 is 0 Å². The number of nitriles is 1. The summed E-state index contributed by atoms with van der Waals surface area (Å²) in [5.41, 5.74) is 0.527. The lowest BCUT2D eigenvalue weighted by Crippen LogP contribution is -2.37. The summed E-state index contributed by atoms with van der Waals surface area (Å²) in [4.78, 5) is 14.3. The molecule has 0 aliphatic heterocycles. The standard InChI is InChI=1S/C17H24N2O3/c1-12(2)19(10-6-9-18)17(20)14-7-8-15(22-13(3)4)16(11-14)21-5/h7-8,11-13H,6,10H2,1-5H3. The van der Waals surface area contributed by atoms with Crippen LogP contribution in [-0.4, -0.2) is 36.6 Å². The van der Waals surface area contributed by atoms with Crippen molar-refractivity contribution in [2.75, 3.05) is 13.7 Å². The van der Waals surface area contributed by atoms with E-state index in [0.29, 0.717) is 30.0 Å². The number of hydrogen-bond acceptors (Lipinski definition) is 4. The lowest BCUT2D eigenvalue weighted by atomic mass is 10.1. The second-order valence-electron chi connectivity index (χ2n) is 5.53. The second kappa shape index (κ2) is 8.28. The van der Waals surface area contributed by atoms with E-state index < -0.39 is 0 Å². The number of amides is 1. The molecular formula is C17H24N2O3. The minimum absolute atomic E-state index is 0.0262. The summed E-state index contributed by atoms with van der Waals surface area (Å²) in [7, 11) is 1.55. The van der Waals surface area contributed by atoms with Gasteiger partial charge in [0.05, 0.1) is 25.7 Å². The number of carbonyl (C=O) groups excluding carboxylic acids is 1. The van der Waals surface area contributed by atoms with Crippen LogP contribution in [0.25, 0.3) is 0 Å². The van der Waals surface area contributed by atoms with Crippen LogP contribution in [0.5, 0.6) is 11.5 Å². The van der Waals surface area contributed by atoms with Crippen LogP contribution in [0.2, 0.25) is 0 Å². The van der Waals surface area contributed by atoms with Crippen molar-refractivity contribution >= 4 is 5.91 Å². The molecule has 1 rings (SSSR count). The van der Waals surface area contributed by atoms with Crippen molar-refractivity contribution in [3.8, 4) is 17.6 Å². The molecule has 5 nitrogen and oxygen atoms in total. The van der Waals surface area contributed by atoms with Crippen molar-refractivity contribution in [3.63, 3.8) is 0 Å². The van der Waals surface area contributed by atoms with Crippen molar-refractivity contribution in [1.29, 1.82) is 5.26 Å². The Hall–Kier alpha value is -2.22. The maximum absolute atomic E-state index is 12.6. The average molecular weight is 304 g/mol. The average Bonchev–Trinajstić information content (AvgIpc) is 2.46. The Morgan fingerprint density at radius 3 is 2.45 bits per heavy atom. The lowest BCUT2D eigenvalue weighted by molar-refractivity contribution is 0.0710. The highest BCUT2D eigenvalue weighted by molar-refractivity contribution is 5.95. The Bertz CT molecular complexity index is 547. The molecule has 0 aromatic heterocycles. The molecule has 0 bridgehead atoms. The molecule has 0 atom stereocenters. The Morgan fingerprint density at radius 1 is 1.27 bits per heavy atom. The molecule has 22 heavy (non-hydrogen) atoms. The van der Waals surface area contributed by atoms with E-state index in [2.05, 4.69) is 6.07 Å². The van der Waals surface area contributed by atoms with Crippen molar-refractivity contribution in [3.05, 3.63) is 23.8 Å². The Morgan fingerprint density at radius 2 is 1.95 bits per heavy atom. The first-order valence-electron chi connectivity index (χ1n) is 7.43. The van der Waals surface area contributed by atoms with Crippen LogP contribution in [0.1, 0.15) is 44.5 Å². The van der Waals surface area contributed by atoms with Gasteiger partial charge in [-0.3, -0.25) is 4.79 Å². The maximum atomic E-state index is 12.6. The van der Waals surface area contributed by atoms with Crippen LogP contribution < -0.4 is 9.47 Å². The Kier molecular flexibility index (Phi) is 6.71. The highest BCUT2D eigenvalue weighted by atomic mass is 16.5. The fourth-order valence-electron chi connectivity index (χ4n) is 2.08. The van der Waals surface area contributed by atoms with Gasteiger partial charge in [0.2, 0.25) is 0 Å². The normalized spacial score (nSPS) is 10.5. The number of carbonyl (C=O) groups is 1. The number of benzene rings is 1. The first-order chi connectivity index (χ1) is 10.4. The van der Waals surface area contributed by atoms with Gasteiger partial charge in [-0.15, -0.1) is 0 Å². The van der Waals surface area contributed by atoms with E-state index in [9.17, 15) is 4.79 Å². The molecule has 0 fully saturated rings. The number of methoxy groups -OCH3 is 1. The van der Waals surface area contributed by atoms with Gasteiger partial charge in [0.15, 0.2) is 11.5 Å². The number of nitrogens with zero attached hydrogens (tertiary/aromatic N) is 2. The first kappa shape index (κ1) is 17.8. The smallest absolute Gasteiger partial charge is 0.254 e. The van der Waals surface area contributed by atoms with Crippen LogP contribution in [0.15, 0.2) is 18.2 Å². The molecule has 1 aromatic carbocycles. The summed E-state index contributed by atoms with van der Waals surface area (Å²) in [6.07, 6.45) is 0.341. The summed E-state index contributed by atoms with van der Waals surface area (Å²) in [6.45, 7) is 8.15. The molecular weight excluding hydrogens is 280 g/mol. The van der Waals surface area contributed by atoms with E-state index >= 15 is 0 Å². The van der Waals surface area contributed by atoms with E-state index in [1.807, 2.05) is 27.7 Å². The molecule has 120 valence electrons. The van der Waals surface area contributed by atoms with E-state index in [1.54, 1.807) is 30.2 Å². The minimum atomic E-state index is -0.111. The van der Waals surface area contributed by atoms with Crippen LogP contribution in [0, 0.1) is 11.3 Å². The summed E-state index contributed by atoms with van der Waals surface area (Å²) < 4.78 is 11.0. The number of rotatable bonds is 7. The van der Waals surface area contributed by atoms with Gasteiger partial charge in [-0.1, -0.05) is 0 Å². The summed E-state index contributed by atoms with van der Waals surface area (Å²) >= 11 is 0. The van der Waals surface area contributed by atoms with Gasteiger partial charge in [-0.2, -0.15) is 5.26 Å². The third-order valence-corrected chi connectivity index (χ3v) is 3.12. The third kappa shape index (κ3) is 4.66. The molecule has 0 saturated carbocycles. The topological polar surface area (TPSA) is 62.6 Å². The zero-order valence-corrected chi connectivity index (χ0v) is 13.9. The molecule has 0 unspecified atom stereocenters. The Balaban J connectivity index is 3.04. The third-order valence-electron chi connectivity index (χ3n) is 3.12. The van der Waals surface area contributed by atoms with Crippen molar-refractivity contribution < 1.29 is 14.3 Å². The Labute approximate surface area is 132 Å². The molecule has 5 heteroatoms. The summed E-state index contributed by atoms with van der Waals surface area (Å²) in [6, 6.07) is 7.25. The molecule has 1 aromatic rings. The molecule has 1 amide bonds.